The quantitative estimate of drug-likeness (QED) is 0.900. The van der Waals surface area contributed by atoms with Crippen molar-refractivity contribution in [2.45, 2.75) is 12.5 Å². The van der Waals surface area contributed by atoms with Crippen LogP contribution in [0.1, 0.15) is 16.8 Å². The highest BCUT2D eigenvalue weighted by Crippen LogP contribution is 2.25. The van der Waals surface area contributed by atoms with Crippen molar-refractivity contribution in [3.63, 3.8) is 0 Å². The van der Waals surface area contributed by atoms with E-state index in [0.717, 1.165) is 17.4 Å². The number of ether oxygens (including phenoxy) is 1. The molecule has 1 amide bonds. The summed E-state index contributed by atoms with van der Waals surface area (Å²) in [7, 11) is 1.56. The van der Waals surface area contributed by atoms with Crippen LogP contribution in [0.3, 0.4) is 0 Å². The zero-order valence-electron chi connectivity index (χ0n) is 10.1. The van der Waals surface area contributed by atoms with E-state index in [0.29, 0.717) is 17.9 Å². The summed E-state index contributed by atoms with van der Waals surface area (Å²) in [4.78, 5) is 14.0. The van der Waals surface area contributed by atoms with Crippen LogP contribution in [0.2, 0.25) is 0 Å². The number of nitrogens with zero attached hydrogens (tertiary/aromatic N) is 1. The highest BCUT2D eigenvalue weighted by molar-refractivity contribution is 9.10. The number of methoxy groups -OCH3 is 1. The van der Waals surface area contributed by atoms with E-state index >= 15 is 0 Å². The third kappa shape index (κ3) is 3.16. The fraction of sp³-hybridized carbons (Fsp3) is 0.417. The second kappa shape index (κ2) is 6.41. The molecule has 1 aromatic rings. The summed E-state index contributed by atoms with van der Waals surface area (Å²) in [6.07, 6.45) is 0.866. The van der Waals surface area contributed by atoms with Crippen molar-refractivity contribution in [3.8, 4) is 5.75 Å². The number of carbonyl (C=O) groups is 1. The molecule has 100 valence electrons. The van der Waals surface area contributed by atoms with Crippen LogP contribution in [0.15, 0.2) is 22.7 Å². The Kier molecular flexibility index (Phi) is 5.44. The minimum absolute atomic E-state index is 0. The molecule has 0 aromatic heterocycles. The molecule has 1 aliphatic heterocycles. The second-order valence-corrected chi connectivity index (χ2v) is 5.06. The lowest BCUT2D eigenvalue weighted by atomic mass is 10.2. The fourth-order valence-electron chi connectivity index (χ4n) is 1.98. The largest absolute Gasteiger partial charge is 0.496 e. The Morgan fingerprint density at radius 1 is 1.56 bits per heavy atom. The van der Waals surface area contributed by atoms with Gasteiger partial charge in [0.05, 0.1) is 12.7 Å². The van der Waals surface area contributed by atoms with Crippen LogP contribution in [0.5, 0.6) is 5.75 Å². The predicted molar refractivity (Wildman–Crippen MR) is 76.4 cm³/mol. The van der Waals surface area contributed by atoms with E-state index in [-0.39, 0.29) is 24.4 Å². The van der Waals surface area contributed by atoms with E-state index in [4.69, 9.17) is 10.5 Å². The van der Waals surface area contributed by atoms with Gasteiger partial charge >= 0.3 is 0 Å². The molecular weight excluding hydrogens is 320 g/mol. The summed E-state index contributed by atoms with van der Waals surface area (Å²) in [5, 5.41) is 0. The average Bonchev–Trinajstić information content (AvgIpc) is 2.75. The summed E-state index contributed by atoms with van der Waals surface area (Å²) in [5.74, 6) is 0.576. The molecule has 1 fully saturated rings. The zero-order valence-corrected chi connectivity index (χ0v) is 12.5. The Morgan fingerprint density at radius 2 is 2.28 bits per heavy atom. The number of amides is 1. The minimum atomic E-state index is -0.0118. The predicted octanol–water partition coefficient (Wildman–Crippen LogP) is 2.05. The van der Waals surface area contributed by atoms with Gasteiger partial charge in [-0.15, -0.1) is 12.4 Å². The van der Waals surface area contributed by atoms with Crippen LogP contribution in [-0.4, -0.2) is 37.0 Å². The molecule has 0 aliphatic carbocycles. The number of hydrogen-bond donors (Lipinski definition) is 1. The lowest BCUT2D eigenvalue weighted by Crippen LogP contribution is -2.32. The number of halogens is 2. The van der Waals surface area contributed by atoms with Crippen molar-refractivity contribution >= 4 is 34.2 Å². The second-order valence-electron chi connectivity index (χ2n) is 4.14. The summed E-state index contributed by atoms with van der Waals surface area (Å²) in [6, 6.07) is 5.50. The lowest BCUT2D eigenvalue weighted by molar-refractivity contribution is 0.0787. The minimum Gasteiger partial charge on any atom is -0.496 e. The van der Waals surface area contributed by atoms with Crippen LogP contribution >= 0.6 is 28.3 Å². The van der Waals surface area contributed by atoms with Gasteiger partial charge in [0.15, 0.2) is 0 Å². The van der Waals surface area contributed by atoms with Gasteiger partial charge in [-0.25, -0.2) is 0 Å². The number of carbonyl (C=O) groups excluding carboxylic acids is 1. The first-order chi connectivity index (χ1) is 8.11. The van der Waals surface area contributed by atoms with Crippen LogP contribution in [0, 0.1) is 0 Å². The smallest absolute Gasteiger partial charge is 0.257 e. The maximum Gasteiger partial charge on any atom is 0.257 e. The van der Waals surface area contributed by atoms with Gasteiger partial charge in [0, 0.05) is 23.6 Å². The van der Waals surface area contributed by atoms with E-state index < -0.39 is 0 Å². The normalized spacial score (nSPS) is 18.4. The average molecular weight is 336 g/mol. The van der Waals surface area contributed by atoms with Crippen molar-refractivity contribution in [2.24, 2.45) is 5.73 Å². The molecule has 1 aliphatic rings. The molecule has 2 rings (SSSR count). The van der Waals surface area contributed by atoms with E-state index in [1.54, 1.807) is 24.1 Å². The molecule has 0 bridgehead atoms. The third-order valence-electron chi connectivity index (χ3n) is 2.91. The maximum atomic E-state index is 12.3. The van der Waals surface area contributed by atoms with E-state index in [1.165, 1.54) is 0 Å². The van der Waals surface area contributed by atoms with Crippen molar-refractivity contribution in [2.75, 3.05) is 20.2 Å². The van der Waals surface area contributed by atoms with Crippen molar-refractivity contribution in [3.05, 3.63) is 28.2 Å². The molecule has 0 saturated carbocycles. The Labute approximate surface area is 121 Å². The van der Waals surface area contributed by atoms with Gasteiger partial charge in [0.25, 0.3) is 5.91 Å². The number of nitrogens with two attached hydrogens (primary N) is 1. The molecule has 4 nitrogen and oxygen atoms in total. The summed E-state index contributed by atoms with van der Waals surface area (Å²) in [5.41, 5.74) is 6.39. The van der Waals surface area contributed by atoms with E-state index in [9.17, 15) is 4.79 Å². The molecule has 1 atom stereocenters. The van der Waals surface area contributed by atoms with E-state index in [2.05, 4.69) is 15.9 Å². The molecule has 18 heavy (non-hydrogen) atoms. The van der Waals surface area contributed by atoms with Crippen LogP contribution < -0.4 is 10.5 Å². The number of rotatable bonds is 2. The molecule has 1 heterocycles. The highest BCUT2D eigenvalue weighted by Gasteiger charge is 2.26. The molecule has 0 radical (unpaired) electrons. The summed E-state index contributed by atoms with van der Waals surface area (Å²) in [6.45, 7) is 1.34. The van der Waals surface area contributed by atoms with Crippen LogP contribution in [0.4, 0.5) is 0 Å². The lowest BCUT2D eigenvalue weighted by Gasteiger charge is -2.17. The number of hydrogen-bond acceptors (Lipinski definition) is 3. The van der Waals surface area contributed by atoms with Gasteiger partial charge in [-0.3, -0.25) is 4.79 Å². The fourth-order valence-corrected chi connectivity index (χ4v) is 2.32. The van der Waals surface area contributed by atoms with Crippen LogP contribution in [-0.2, 0) is 0 Å². The van der Waals surface area contributed by atoms with Gasteiger partial charge in [-0.1, -0.05) is 15.9 Å². The van der Waals surface area contributed by atoms with Gasteiger partial charge in [-0.2, -0.15) is 0 Å². The highest BCUT2D eigenvalue weighted by atomic mass is 79.9. The van der Waals surface area contributed by atoms with Gasteiger partial charge < -0.3 is 15.4 Å². The number of likely N-dealkylation sites (tertiary alicyclic amines) is 1. The van der Waals surface area contributed by atoms with Crippen molar-refractivity contribution in [1.82, 2.24) is 4.90 Å². The Balaban J connectivity index is 0.00000162. The van der Waals surface area contributed by atoms with E-state index in [1.807, 2.05) is 6.07 Å². The van der Waals surface area contributed by atoms with Crippen molar-refractivity contribution in [1.29, 1.82) is 0 Å². The first-order valence-electron chi connectivity index (χ1n) is 5.50. The topological polar surface area (TPSA) is 55.6 Å². The molecular formula is C12H16BrClN2O2. The molecule has 0 spiro atoms. The molecule has 1 saturated heterocycles. The number of benzene rings is 1. The van der Waals surface area contributed by atoms with Gasteiger partial charge in [0.1, 0.15) is 5.75 Å². The first-order valence-corrected chi connectivity index (χ1v) is 6.29. The van der Waals surface area contributed by atoms with Crippen LogP contribution in [0.25, 0.3) is 0 Å². The monoisotopic (exact) mass is 334 g/mol. The van der Waals surface area contributed by atoms with Gasteiger partial charge in [-0.05, 0) is 24.6 Å². The standard InChI is InChI=1S/C12H15BrN2O2.ClH/c1-17-11-6-8(13)2-3-10(11)12(16)15-5-4-9(14)7-15;/h2-3,6,9H,4-5,7,14H2,1H3;1H. The Morgan fingerprint density at radius 3 is 2.83 bits per heavy atom. The van der Waals surface area contributed by atoms with Gasteiger partial charge in [0.2, 0.25) is 0 Å². The Bertz CT molecular complexity index is 442. The molecule has 1 unspecified atom stereocenters. The Hall–Kier alpha value is -0.780. The summed E-state index contributed by atoms with van der Waals surface area (Å²) >= 11 is 3.35. The molecule has 1 aromatic carbocycles. The molecule has 2 N–H and O–H groups in total. The SMILES string of the molecule is COc1cc(Br)ccc1C(=O)N1CCC(N)C1.Cl. The zero-order chi connectivity index (χ0) is 12.4. The maximum absolute atomic E-state index is 12.3. The third-order valence-corrected chi connectivity index (χ3v) is 3.40. The molecule has 6 heteroatoms. The first kappa shape index (κ1) is 15.3. The van der Waals surface area contributed by atoms with Crippen molar-refractivity contribution < 1.29 is 9.53 Å². The summed E-state index contributed by atoms with van der Waals surface area (Å²) < 4.78 is 6.12.